The highest BCUT2D eigenvalue weighted by molar-refractivity contribution is 5.57. The second kappa shape index (κ2) is 3.61. The van der Waals surface area contributed by atoms with Crippen LogP contribution in [0.2, 0.25) is 0 Å². The van der Waals surface area contributed by atoms with Gasteiger partial charge in [-0.15, -0.1) is 0 Å². The molecule has 15 heavy (non-hydrogen) atoms. The molecule has 0 aliphatic rings. The molecule has 0 aliphatic heterocycles. The van der Waals surface area contributed by atoms with Crippen molar-refractivity contribution in [2.75, 3.05) is 24.7 Å². The zero-order chi connectivity index (χ0) is 10.8. The minimum absolute atomic E-state index is 0.499. The number of nitrogens with two attached hydrogens (primary N) is 1. The van der Waals surface area contributed by atoms with Crippen LogP contribution in [-0.2, 0) is 0 Å². The fourth-order valence-corrected chi connectivity index (χ4v) is 1.14. The Morgan fingerprint density at radius 3 is 2.40 bits per heavy atom. The minimum atomic E-state index is 0.499. The van der Waals surface area contributed by atoms with E-state index in [1.165, 1.54) is 0 Å². The molecular formula is C10H12N4O. The van der Waals surface area contributed by atoms with Crippen LogP contribution < -0.4 is 10.6 Å². The maximum atomic E-state index is 5.58. The Labute approximate surface area is 87.5 Å². The van der Waals surface area contributed by atoms with Crippen molar-refractivity contribution in [3.8, 4) is 11.5 Å². The molecule has 2 N–H and O–H groups in total. The van der Waals surface area contributed by atoms with Crippen LogP contribution in [0.25, 0.3) is 11.5 Å². The summed E-state index contributed by atoms with van der Waals surface area (Å²) >= 11 is 0. The topological polar surface area (TPSA) is 68.2 Å². The first-order valence-corrected chi connectivity index (χ1v) is 4.54. The summed E-state index contributed by atoms with van der Waals surface area (Å²) in [5, 5.41) is 3.82. The molecular weight excluding hydrogens is 192 g/mol. The Morgan fingerprint density at radius 2 is 1.87 bits per heavy atom. The van der Waals surface area contributed by atoms with E-state index in [-0.39, 0.29) is 0 Å². The molecule has 0 unspecified atom stereocenters. The molecule has 0 atom stereocenters. The van der Waals surface area contributed by atoms with Crippen molar-refractivity contribution in [2.24, 2.45) is 0 Å². The third-order valence-corrected chi connectivity index (χ3v) is 1.97. The lowest BCUT2D eigenvalue weighted by Gasteiger charge is -2.02. The summed E-state index contributed by atoms with van der Waals surface area (Å²) < 4.78 is 5.11. The van der Waals surface area contributed by atoms with Crippen LogP contribution in [-0.4, -0.2) is 24.2 Å². The van der Waals surface area contributed by atoms with Crippen LogP contribution in [0, 0.1) is 0 Å². The lowest BCUT2D eigenvalue weighted by molar-refractivity contribution is 0.431. The Kier molecular flexibility index (Phi) is 2.29. The molecule has 0 aliphatic carbocycles. The number of hydrogen-bond acceptors (Lipinski definition) is 5. The quantitative estimate of drug-likeness (QED) is 0.748. The monoisotopic (exact) mass is 204 g/mol. The molecule has 2 aromatic rings. The fraction of sp³-hybridized carbons (Fsp3) is 0.200. The molecule has 78 valence electrons. The SMILES string of the molecule is CN(C)c1noc(-c2ccc(N)cc2)n1. The van der Waals surface area contributed by atoms with Gasteiger partial charge in [0.1, 0.15) is 0 Å². The summed E-state index contributed by atoms with van der Waals surface area (Å²) in [6.07, 6.45) is 0. The molecule has 0 saturated carbocycles. The number of anilines is 2. The van der Waals surface area contributed by atoms with Gasteiger partial charge in [0.05, 0.1) is 0 Å². The molecule has 1 aromatic carbocycles. The Bertz CT molecular complexity index is 447. The van der Waals surface area contributed by atoms with Crippen molar-refractivity contribution in [1.29, 1.82) is 0 Å². The summed E-state index contributed by atoms with van der Waals surface area (Å²) in [7, 11) is 3.72. The zero-order valence-corrected chi connectivity index (χ0v) is 8.64. The summed E-state index contributed by atoms with van der Waals surface area (Å²) in [5.74, 6) is 1.06. The molecule has 0 radical (unpaired) electrons. The minimum Gasteiger partial charge on any atom is -0.399 e. The second-order valence-corrected chi connectivity index (χ2v) is 3.42. The normalized spacial score (nSPS) is 10.3. The molecule has 5 heteroatoms. The number of aromatic nitrogens is 2. The van der Waals surface area contributed by atoms with Gasteiger partial charge >= 0.3 is 0 Å². The Morgan fingerprint density at radius 1 is 1.20 bits per heavy atom. The standard InChI is InChI=1S/C10H12N4O/c1-14(2)10-12-9(15-13-10)7-3-5-8(11)6-4-7/h3-6H,11H2,1-2H3. The first-order chi connectivity index (χ1) is 7.16. The predicted octanol–water partition coefficient (Wildman–Crippen LogP) is 1.38. The maximum Gasteiger partial charge on any atom is 0.265 e. The first-order valence-electron chi connectivity index (χ1n) is 4.54. The third-order valence-electron chi connectivity index (χ3n) is 1.97. The molecule has 0 spiro atoms. The smallest absolute Gasteiger partial charge is 0.265 e. The van der Waals surface area contributed by atoms with Crippen molar-refractivity contribution in [2.45, 2.75) is 0 Å². The van der Waals surface area contributed by atoms with Crippen molar-refractivity contribution >= 4 is 11.6 Å². The average molecular weight is 204 g/mol. The lowest BCUT2D eigenvalue weighted by Crippen LogP contribution is -2.09. The highest BCUT2D eigenvalue weighted by Crippen LogP contribution is 2.20. The number of nitrogens with zero attached hydrogens (tertiary/aromatic N) is 3. The van der Waals surface area contributed by atoms with Crippen molar-refractivity contribution < 1.29 is 4.52 Å². The zero-order valence-electron chi connectivity index (χ0n) is 8.64. The van der Waals surface area contributed by atoms with Gasteiger partial charge < -0.3 is 15.2 Å². The van der Waals surface area contributed by atoms with E-state index >= 15 is 0 Å². The van der Waals surface area contributed by atoms with Crippen LogP contribution in [0.4, 0.5) is 11.6 Å². The predicted molar refractivity (Wildman–Crippen MR) is 58.5 cm³/mol. The summed E-state index contributed by atoms with van der Waals surface area (Å²) in [6, 6.07) is 7.30. The van der Waals surface area contributed by atoms with Gasteiger partial charge in [-0.25, -0.2) is 0 Å². The molecule has 1 aromatic heterocycles. The number of rotatable bonds is 2. The van der Waals surface area contributed by atoms with Crippen LogP contribution in [0.3, 0.4) is 0 Å². The van der Waals surface area contributed by atoms with Gasteiger partial charge in [-0.3, -0.25) is 0 Å². The Hall–Kier alpha value is -2.04. The van der Waals surface area contributed by atoms with Gasteiger partial charge in [0, 0.05) is 25.3 Å². The van der Waals surface area contributed by atoms with Gasteiger partial charge in [-0.05, 0) is 29.4 Å². The van der Waals surface area contributed by atoms with Gasteiger partial charge in [0.2, 0.25) is 0 Å². The maximum absolute atomic E-state index is 5.58. The summed E-state index contributed by atoms with van der Waals surface area (Å²) in [6.45, 7) is 0. The number of benzene rings is 1. The number of hydrogen-bond donors (Lipinski definition) is 1. The van der Waals surface area contributed by atoms with Crippen LogP contribution >= 0.6 is 0 Å². The van der Waals surface area contributed by atoms with Crippen LogP contribution in [0.15, 0.2) is 28.8 Å². The molecule has 0 amide bonds. The fourth-order valence-electron chi connectivity index (χ4n) is 1.14. The van der Waals surface area contributed by atoms with E-state index in [1.807, 2.05) is 26.2 Å². The van der Waals surface area contributed by atoms with Gasteiger partial charge in [-0.2, -0.15) is 4.98 Å². The van der Waals surface area contributed by atoms with Crippen LogP contribution in [0.1, 0.15) is 0 Å². The molecule has 2 rings (SSSR count). The number of nitrogen functional groups attached to an aromatic ring is 1. The van der Waals surface area contributed by atoms with Crippen molar-refractivity contribution in [1.82, 2.24) is 10.1 Å². The molecule has 1 heterocycles. The molecule has 0 bridgehead atoms. The van der Waals surface area contributed by atoms with Crippen molar-refractivity contribution in [3.63, 3.8) is 0 Å². The first kappa shape index (κ1) is 9.51. The van der Waals surface area contributed by atoms with E-state index in [1.54, 1.807) is 17.0 Å². The van der Waals surface area contributed by atoms with E-state index in [4.69, 9.17) is 10.3 Å². The second-order valence-electron chi connectivity index (χ2n) is 3.42. The third kappa shape index (κ3) is 1.90. The average Bonchev–Trinajstić information content (AvgIpc) is 2.68. The largest absolute Gasteiger partial charge is 0.399 e. The summed E-state index contributed by atoms with van der Waals surface area (Å²) in [5.41, 5.74) is 7.16. The van der Waals surface area contributed by atoms with E-state index in [0.29, 0.717) is 17.5 Å². The van der Waals surface area contributed by atoms with E-state index < -0.39 is 0 Å². The Balaban J connectivity index is 2.33. The van der Waals surface area contributed by atoms with E-state index in [0.717, 1.165) is 5.56 Å². The summed E-state index contributed by atoms with van der Waals surface area (Å²) in [4.78, 5) is 6.00. The van der Waals surface area contributed by atoms with Gasteiger partial charge in [0.15, 0.2) is 0 Å². The highest BCUT2D eigenvalue weighted by atomic mass is 16.5. The van der Waals surface area contributed by atoms with Gasteiger partial charge in [-0.1, -0.05) is 0 Å². The molecule has 0 fully saturated rings. The van der Waals surface area contributed by atoms with Gasteiger partial charge in [0.25, 0.3) is 11.8 Å². The van der Waals surface area contributed by atoms with E-state index in [9.17, 15) is 0 Å². The highest BCUT2D eigenvalue weighted by Gasteiger charge is 2.09. The van der Waals surface area contributed by atoms with Crippen molar-refractivity contribution in [3.05, 3.63) is 24.3 Å². The molecule has 0 saturated heterocycles. The van der Waals surface area contributed by atoms with E-state index in [2.05, 4.69) is 10.1 Å². The van der Waals surface area contributed by atoms with Crippen LogP contribution in [0.5, 0.6) is 0 Å². The molecule has 5 nitrogen and oxygen atoms in total. The lowest BCUT2D eigenvalue weighted by atomic mass is 10.2.